The van der Waals surface area contributed by atoms with E-state index in [1.807, 2.05) is 36.6 Å². The summed E-state index contributed by atoms with van der Waals surface area (Å²) in [7, 11) is 3.22. The van der Waals surface area contributed by atoms with Crippen LogP contribution in [0.2, 0.25) is 0 Å². The summed E-state index contributed by atoms with van der Waals surface area (Å²) < 4.78 is 10.6. The van der Waals surface area contributed by atoms with E-state index in [0.29, 0.717) is 23.3 Å². The Labute approximate surface area is 138 Å². The normalized spacial score (nSPS) is 10.4. The van der Waals surface area contributed by atoms with Gasteiger partial charge in [0.15, 0.2) is 17.3 Å². The molecule has 0 aliphatic rings. The fourth-order valence-corrected chi connectivity index (χ4v) is 2.78. The second-order valence-corrected chi connectivity index (χ2v) is 5.70. The number of thiophene rings is 1. The Kier molecular flexibility index (Phi) is 4.38. The van der Waals surface area contributed by atoms with E-state index in [4.69, 9.17) is 9.47 Å². The minimum Gasteiger partial charge on any atom is -0.493 e. The van der Waals surface area contributed by atoms with Crippen LogP contribution in [0.4, 0.5) is 11.6 Å². The van der Waals surface area contributed by atoms with Crippen LogP contribution in [-0.2, 0) is 0 Å². The van der Waals surface area contributed by atoms with Gasteiger partial charge in [-0.15, -0.1) is 11.3 Å². The standard InChI is InChI=1S/C16H16N4O2S/c1-10-7-12(21-2)13(22-3)8-11(10)19-16-18-9-17-15(20-16)14-5-4-6-23-14/h4-9H,1-3H3,(H,17,18,19,20). The molecule has 0 atom stereocenters. The van der Waals surface area contributed by atoms with Gasteiger partial charge in [-0.2, -0.15) is 4.98 Å². The first-order chi connectivity index (χ1) is 11.2. The topological polar surface area (TPSA) is 69.2 Å². The average molecular weight is 328 g/mol. The molecule has 7 heteroatoms. The molecule has 0 bridgehead atoms. The predicted molar refractivity (Wildman–Crippen MR) is 90.7 cm³/mol. The predicted octanol–water partition coefficient (Wildman–Crippen LogP) is 3.67. The maximum atomic E-state index is 5.34. The molecule has 3 rings (SSSR count). The maximum absolute atomic E-state index is 5.34. The van der Waals surface area contributed by atoms with Gasteiger partial charge in [0.1, 0.15) is 6.33 Å². The van der Waals surface area contributed by atoms with Crippen molar-refractivity contribution in [2.75, 3.05) is 19.5 Å². The Morgan fingerprint density at radius 2 is 1.87 bits per heavy atom. The summed E-state index contributed by atoms with van der Waals surface area (Å²) in [6.45, 7) is 1.98. The highest BCUT2D eigenvalue weighted by Gasteiger charge is 2.11. The third-order valence-corrected chi connectivity index (χ3v) is 4.16. The van der Waals surface area contributed by atoms with Crippen LogP contribution >= 0.6 is 11.3 Å². The summed E-state index contributed by atoms with van der Waals surface area (Å²) in [5.41, 5.74) is 1.85. The first kappa shape index (κ1) is 15.2. The highest BCUT2D eigenvalue weighted by Crippen LogP contribution is 2.34. The molecule has 0 fully saturated rings. The van der Waals surface area contributed by atoms with Crippen molar-refractivity contribution in [3.63, 3.8) is 0 Å². The SMILES string of the molecule is COc1cc(C)c(Nc2ncnc(-c3cccs3)n2)cc1OC. The third-order valence-electron chi connectivity index (χ3n) is 3.29. The Morgan fingerprint density at radius 3 is 2.57 bits per heavy atom. The summed E-state index contributed by atoms with van der Waals surface area (Å²) in [5.74, 6) is 2.47. The third kappa shape index (κ3) is 3.24. The molecule has 6 nitrogen and oxygen atoms in total. The molecular formula is C16H16N4O2S. The van der Waals surface area contributed by atoms with Crippen LogP contribution in [0.15, 0.2) is 36.0 Å². The Balaban J connectivity index is 1.92. The summed E-state index contributed by atoms with van der Waals surface area (Å²) in [6, 6.07) is 7.71. The van der Waals surface area contributed by atoms with Crippen LogP contribution in [0.3, 0.4) is 0 Å². The molecule has 0 saturated heterocycles. The number of hydrogen-bond acceptors (Lipinski definition) is 7. The second kappa shape index (κ2) is 6.62. The fourth-order valence-electron chi connectivity index (χ4n) is 2.12. The number of aromatic nitrogens is 3. The lowest BCUT2D eigenvalue weighted by molar-refractivity contribution is 0.355. The van der Waals surface area contributed by atoms with Crippen molar-refractivity contribution in [2.24, 2.45) is 0 Å². The van der Waals surface area contributed by atoms with E-state index in [2.05, 4.69) is 20.3 Å². The zero-order valence-electron chi connectivity index (χ0n) is 13.0. The number of hydrogen-bond donors (Lipinski definition) is 1. The molecular weight excluding hydrogens is 312 g/mol. The summed E-state index contributed by atoms with van der Waals surface area (Å²) in [5, 5.41) is 5.20. The molecule has 23 heavy (non-hydrogen) atoms. The fraction of sp³-hybridized carbons (Fsp3) is 0.188. The summed E-state index contributed by atoms with van der Waals surface area (Å²) >= 11 is 1.59. The molecule has 1 N–H and O–H groups in total. The van der Waals surface area contributed by atoms with Gasteiger partial charge in [0.2, 0.25) is 5.95 Å². The number of rotatable bonds is 5. The molecule has 0 aliphatic carbocycles. The van der Waals surface area contributed by atoms with Gasteiger partial charge in [-0.25, -0.2) is 9.97 Å². The molecule has 0 radical (unpaired) electrons. The van der Waals surface area contributed by atoms with Crippen molar-refractivity contribution in [1.82, 2.24) is 15.0 Å². The molecule has 0 saturated carbocycles. The quantitative estimate of drug-likeness (QED) is 0.770. The van der Waals surface area contributed by atoms with Crippen LogP contribution in [-0.4, -0.2) is 29.2 Å². The van der Waals surface area contributed by atoms with Crippen molar-refractivity contribution in [3.05, 3.63) is 41.5 Å². The van der Waals surface area contributed by atoms with E-state index in [9.17, 15) is 0 Å². The van der Waals surface area contributed by atoms with Crippen LogP contribution < -0.4 is 14.8 Å². The number of nitrogens with one attached hydrogen (secondary N) is 1. The van der Waals surface area contributed by atoms with Gasteiger partial charge >= 0.3 is 0 Å². The highest BCUT2D eigenvalue weighted by atomic mass is 32.1. The van der Waals surface area contributed by atoms with Crippen LogP contribution in [0.25, 0.3) is 10.7 Å². The first-order valence-electron chi connectivity index (χ1n) is 6.94. The van der Waals surface area contributed by atoms with E-state index < -0.39 is 0 Å². The van der Waals surface area contributed by atoms with Crippen LogP contribution in [0, 0.1) is 6.92 Å². The van der Waals surface area contributed by atoms with Gasteiger partial charge in [0, 0.05) is 11.8 Å². The van der Waals surface area contributed by atoms with Crippen molar-refractivity contribution in [3.8, 4) is 22.2 Å². The number of ether oxygens (including phenoxy) is 2. The molecule has 118 valence electrons. The molecule has 1 aromatic carbocycles. The molecule has 0 aliphatic heterocycles. The van der Waals surface area contributed by atoms with Crippen molar-refractivity contribution in [2.45, 2.75) is 6.92 Å². The monoisotopic (exact) mass is 328 g/mol. The van der Waals surface area contributed by atoms with Crippen molar-refractivity contribution >= 4 is 23.0 Å². The first-order valence-corrected chi connectivity index (χ1v) is 7.82. The molecule has 0 amide bonds. The summed E-state index contributed by atoms with van der Waals surface area (Å²) in [4.78, 5) is 13.8. The van der Waals surface area contributed by atoms with Gasteiger partial charge in [-0.05, 0) is 30.0 Å². The summed E-state index contributed by atoms with van der Waals surface area (Å²) in [6.07, 6.45) is 1.50. The van der Waals surface area contributed by atoms with Gasteiger partial charge < -0.3 is 14.8 Å². The second-order valence-electron chi connectivity index (χ2n) is 4.76. The van der Waals surface area contributed by atoms with E-state index in [-0.39, 0.29) is 0 Å². The minimum absolute atomic E-state index is 0.485. The number of nitrogens with zero attached hydrogens (tertiary/aromatic N) is 3. The van der Waals surface area contributed by atoms with E-state index in [1.165, 1.54) is 6.33 Å². The number of benzene rings is 1. The maximum Gasteiger partial charge on any atom is 0.230 e. The van der Waals surface area contributed by atoms with Crippen LogP contribution in [0.1, 0.15) is 5.56 Å². The Morgan fingerprint density at radius 1 is 1.09 bits per heavy atom. The van der Waals surface area contributed by atoms with Crippen molar-refractivity contribution in [1.29, 1.82) is 0 Å². The molecule has 3 aromatic rings. The lowest BCUT2D eigenvalue weighted by Gasteiger charge is -2.13. The lowest BCUT2D eigenvalue weighted by atomic mass is 10.1. The molecule has 2 aromatic heterocycles. The highest BCUT2D eigenvalue weighted by molar-refractivity contribution is 7.13. The largest absolute Gasteiger partial charge is 0.493 e. The lowest BCUT2D eigenvalue weighted by Crippen LogP contribution is -2.02. The van der Waals surface area contributed by atoms with Gasteiger partial charge in [-0.1, -0.05) is 6.07 Å². The van der Waals surface area contributed by atoms with Gasteiger partial charge in [0.05, 0.1) is 19.1 Å². The van der Waals surface area contributed by atoms with E-state index >= 15 is 0 Å². The zero-order valence-corrected chi connectivity index (χ0v) is 13.8. The average Bonchev–Trinajstić information content (AvgIpc) is 3.11. The number of methoxy groups -OCH3 is 2. The van der Waals surface area contributed by atoms with Gasteiger partial charge in [0.25, 0.3) is 0 Å². The van der Waals surface area contributed by atoms with E-state index in [1.54, 1.807) is 25.6 Å². The Hall–Kier alpha value is -2.67. The number of aryl methyl sites for hydroxylation is 1. The number of anilines is 2. The van der Waals surface area contributed by atoms with Gasteiger partial charge in [-0.3, -0.25) is 0 Å². The molecule has 0 unspecified atom stereocenters. The minimum atomic E-state index is 0.485. The smallest absolute Gasteiger partial charge is 0.230 e. The van der Waals surface area contributed by atoms with Crippen LogP contribution in [0.5, 0.6) is 11.5 Å². The van der Waals surface area contributed by atoms with E-state index in [0.717, 1.165) is 16.1 Å². The molecule has 2 heterocycles. The van der Waals surface area contributed by atoms with Crippen molar-refractivity contribution < 1.29 is 9.47 Å². The molecule has 0 spiro atoms. The Bertz CT molecular complexity index is 806. The zero-order chi connectivity index (χ0) is 16.2.